The first kappa shape index (κ1) is 10.8. The molecule has 3 heterocycles. The second-order valence-electron chi connectivity index (χ2n) is 4.32. The van der Waals surface area contributed by atoms with Crippen molar-refractivity contribution in [2.24, 2.45) is 0 Å². The number of nitrogen functional groups attached to an aromatic ring is 1. The predicted octanol–water partition coefficient (Wildman–Crippen LogP) is -0.296. The van der Waals surface area contributed by atoms with Gasteiger partial charge in [0.15, 0.2) is 0 Å². The molecule has 0 aromatic carbocycles. The summed E-state index contributed by atoms with van der Waals surface area (Å²) in [6, 6.07) is 0. The molecular weight excluding hydrogens is 232 g/mol. The summed E-state index contributed by atoms with van der Waals surface area (Å²) in [6.45, 7) is 2.28. The van der Waals surface area contributed by atoms with Crippen molar-refractivity contribution in [1.82, 2.24) is 24.2 Å². The molecule has 7 nitrogen and oxygen atoms in total. The Morgan fingerprint density at radius 3 is 3.11 bits per heavy atom. The van der Waals surface area contributed by atoms with Gasteiger partial charge in [-0.15, -0.1) is 0 Å². The van der Waals surface area contributed by atoms with Gasteiger partial charge in [-0.3, -0.25) is 9.48 Å². The minimum Gasteiger partial charge on any atom is -0.396 e. The molecule has 0 saturated carbocycles. The van der Waals surface area contributed by atoms with Crippen molar-refractivity contribution < 1.29 is 4.79 Å². The summed E-state index contributed by atoms with van der Waals surface area (Å²) in [5.74, 6) is 0.960. The number of carbonyl (C=O) groups is 1. The number of carbonyl (C=O) groups excluding carboxylic acids is 1. The van der Waals surface area contributed by atoms with E-state index in [1.165, 1.54) is 6.20 Å². The zero-order chi connectivity index (χ0) is 12.5. The fourth-order valence-corrected chi connectivity index (χ4v) is 2.09. The van der Waals surface area contributed by atoms with Crippen molar-refractivity contribution in [3.8, 4) is 0 Å². The molecule has 0 atom stereocenters. The lowest BCUT2D eigenvalue weighted by molar-refractivity contribution is -0.133. The van der Waals surface area contributed by atoms with Crippen LogP contribution in [0.15, 0.2) is 24.8 Å². The van der Waals surface area contributed by atoms with Gasteiger partial charge in [0.1, 0.15) is 12.4 Å². The maximum atomic E-state index is 12.1. The second-order valence-corrected chi connectivity index (χ2v) is 4.32. The number of nitrogens with zero attached hydrogens (tertiary/aromatic N) is 5. The molecule has 1 aliphatic heterocycles. The van der Waals surface area contributed by atoms with E-state index in [9.17, 15) is 4.79 Å². The average molecular weight is 246 g/mol. The van der Waals surface area contributed by atoms with Crippen LogP contribution in [0.5, 0.6) is 0 Å². The standard InChI is InChI=1S/C11H14N6O/c12-9-5-14-17(6-9)8-11(18)16-4-3-15-2-1-13-10(15)7-16/h1-2,5-6H,3-4,7-8,12H2. The summed E-state index contributed by atoms with van der Waals surface area (Å²) in [5.41, 5.74) is 6.13. The highest BCUT2D eigenvalue weighted by Gasteiger charge is 2.21. The van der Waals surface area contributed by atoms with Crippen molar-refractivity contribution in [2.75, 3.05) is 12.3 Å². The third kappa shape index (κ3) is 1.94. The van der Waals surface area contributed by atoms with Crippen molar-refractivity contribution in [1.29, 1.82) is 0 Å². The number of aromatic nitrogens is 4. The number of imidazole rings is 1. The quantitative estimate of drug-likeness (QED) is 0.789. The minimum absolute atomic E-state index is 0.0346. The SMILES string of the molecule is Nc1cnn(CC(=O)N2CCn3ccnc3C2)c1. The zero-order valence-corrected chi connectivity index (χ0v) is 9.86. The third-order valence-corrected chi connectivity index (χ3v) is 3.05. The molecule has 2 aromatic heterocycles. The topological polar surface area (TPSA) is 82.0 Å². The van der Waals surface area contributed by atoms with Crippen LogP contribution in [0.1, 0.15) is 5.82 Å². The Hall–Kier alpha value is -2.31. The van der Waals surface area contributed by atoms with E-state index < -0.39 is 0 Å². The van der Waals surface area contributed by atoms with Crippen LogP contribution >= 0.6 is 0 Å². The van der Waals surface area contributed by atoms with Crippen LogP contribution in [0.25, 0.3) is 0 Å². The Morgan fingerprint density at radius 2 is 2.33 bits per heavy atom. The van der Waals surface area contributed by atoms with Gasteiger partial charge < -0.3 is 15.2 Å². The second kappa shape index (κ2) is 4.17. The molecule has 7 heteroatoms. The highest BCUT2D eigenvalue weighted by molar-refractivity contribution is 5.76. The molecule has 0 bridgehead atoms. The summed E-state index contributed by atoms with van der Waals surface area (Å²) in [7, 11) is 0. The Kier molecular flexibility index (Phi) is 2.51. The molecule has 0 fully saturated rings. The molecule has 94 valence electrons. The number of nitrogens with two attached hydrogens (primary N) is 1. The van der Waals surface area contributed by atoms with Crippen LogP contribution in [0, 0.1) is 0 Å². The summed E-state index contributed by atoms with van der Waals surface area (Å²) in [6.07, 6.45) is 6.89. The van der Waals surface area contributed by atoms with Gasteiger partial charge in [-0.2, -0.15) is 5.10 Å². The van der Waals surface area contributed by atoms with Gasteiger partial charge in [0, 0.05) is 31.7 Å². The molecule has 1 aliphatic rings. The molecule has 2 N–H and O–H groups in total. The first-order valence-electron chi connectivity index (χ1n) is 5.78. The monoisotopic (exact) mass is 246 g/mol. The fraction of sp³-hybridized carbons (Fsp3) is 0.364. The summed E-state index contributed by atoms with van der Waals surface area (Å²) in [5, 5.41) is 4.01. The van der Waals surface area contributed by atoms with E-state index >= 15 is 0 Å². The summed E-state index contributed by atoms with van der Waals surface area (Å²) in [4.78, 5) is 18.1. The first-order valence-corrected chi connectivity index (χ1v) is 5.78. The van der Waals surface area contributed by atoms with Gasteiger partial charge in [-0.25, -0.2) is 4.98 Å². The highest BCUT2D eigenvalue weighted by atomic mass is 16.2. The van der Waals surface area contributed by atoms with Crippen molar-refractivity contribution in [3.05, 3.63) is 30.6 Å². The maximum absolute atomic E-state index is 12.1. The normalized spacial score (nSPS) is 14.6. The Balaban J connectivity index is 1.67. The van der Waals surface area contributed by atoms with Gasteiger partial charge in [-0.1, -0.05) is 0 Å². The Morgan fingerprint density at radius 1 is 1.44 bits per heavy atom. The molecule has 0 saturated heterocycles. The van der Waals surface area contributed by atoms with Crippen LogP contribution in [-0.2, 0) is 24.4 Å². The number of rotatable bonds is 2. The van der Waals surface area contributed by atoms with Gasteiger partial charge in [0.05, 0.1) is 18.4 Å². The van der Waals surface area contributed by atoms with Crippen LogP contribution in [0.4, 0.5) is 5.69 Å². The molecule has 3 rings (SSSR count). The maximum Gasteiger partial charge on any atom is 0.244 e. The van der Waals surface area contributed by atoms with Crippen molar-refractivity contribution in [2.45, 2.75) is 19.6 Å². The van der Waals surface area contributed by atoms with E-state index in [0.717, 1.165) is 12.4 Å². The lowest BCUT2D eigenvalue weighted by atomic mass is 10.3. The number of fused-ring (bicyclic) bond motifs is 1. The zero-order valence-electron chi connectivity index (χ0n) is 9.86. The molecule has 18 heavy (non-hydrogen) atoms. The third-order valence-electron chi connectivity index (χ3n) is 3.05. The van der Waals surface area contributed by atoms with Crippen LogP contribution in [0.3, 0.4) is 0 Å². The molecule has 0 unspecified atom stereocenters. The number of anilines is 1. The smallest absolute Gasteiger partial charge is 0.244 e. The summed E-state index contributed by atoms with van der Waals surface area (Å²) >= 11 is 0. The lowest BCUT2D eigenvalue weighted by Gasteiger charge is -2.27. The molecule has 0 spiro atoms. The van der Waals surface area contributed by atoms with Crippen LogP contribution < -0.4 is 5.73 Å². The van der Waals surface area contributed by atoms with E-state index in [4.69, 9.17) is 5.73 Å². The van der Waals surface area contributed by atoms with E-state index in [1.807, 2.05) is 6.20 Å². The van der Waals surface area contributed by atoms with Gasteiger partial charge >= 0.3 is 0 Å². The van der Waals surface area contributed by atoms with Gasteiger partial charge in [0.25, 0.3) is 0 Å². The van der Waals surface area contributed by atoms with Gasteiger partial charge in [-0.05, 0) is 0 Å². The Labute approximate surface area is 104 Å². The molecular formula is C11H14N6O. The fourth-order valence-electron chi connectivity index (χ4n) is 2.09. The number of hydrogen-bond donors (Lipinski definition) is 1. The largest absolute Gasteiger partial charge is 0.396 e. The molecule has 1 amide bonds. The average Bonchev–Trinajstić information content (AvgIpc) is 2.96. The van der Waals surface area contributed by atoms with Crippen LogP contribution in [0.2, 0.25) is 0 Å². The van der Waals surface area contributed by atoms with E-state index in [1.54, 1.807) is 22.0 Å². The van der Waals surface area contributed by atoms with E-state index in [0.29, 0.717) is 18.8 Å². The van der Waals surface area contributed by atoms with Crippen LogP contribution in [-0.4, -0.2) is 36.7 Å². The Bertz CT molecular complexity index is 572. The lowest BCUT2D eigenvalue weighted by Crippen LogP contribution is -2.40. The number of amides is 1. The van der Waals surface area contributed by atoms with Gasteiger partial charge in [0.2, 0.25) is 5.91 Å². The molecule has 2 aromatic rings. The highest BCUT2D eigenvalue weighted by Crippen LogP contribution is 2.11. The predicted molar refractivity (Wildman–Crippen MR) is 64.3 cm³/mol. The van der Waals surface area contributed by atoms with E-state index in [-0.39, 0.29) is 12.5 Å². The van der Waals surface area contributed by atoms with E-state index in [2.05, 4.69) is 14.6 Å². The summed E-state index contributed by atoms with van der Waals surface area (Å²) < 4.78 is 3.62. The molecule has 0 radical (unpaired) electrons. The first-order chi connectivity index (χ1) is 8.72. The van der Waals surface area contributed by atoms with Crippen molar-refractivity contribution in [3.63, 3.8) is 0 Å². The minimum atomic E-state index is 0.0346. The van der Waals surface area contributed by atoms with Crippen molar-refractivity contribution >= 4 is 11.6 Å². The number of hydrogen-bond acceptors (Lipinski definition) is 4. The molecule has 0 aliphatic carbocycles.